The molecule has 0 atom stereocenters. The summed E-state index contributed by atoms with van der Waals surface area (Å²) in [6, 6.07) is 5.51. The van der Waals surface area contributed by atoms with Gasteiger partial charge in [-0.05, 0) is 31.0 Å². The highest BCUT2D eigenvalue weighted by Gasteiger charge is 2.17. The number of nitrogens with zero attached hydrogens (tertiary/aromatic N) is 3. The SMILES string of the molecule is COCCn1cncc1CNC(=O)c1ccc(N2CCCC2)c(Cl)c1. The van der Waals surface area contributed by atoms with Gasteiger partial charge in [-0.25, -0.2) is 4.98 Å². The summed E-state index contributed by atoms with van der Waals surface area (Å²) in [6.45, 7) is 3.77. The molecule has 3 rings (SSSR count). The Balaban J connectivity index is 1.61. The first-order valence-corrected chi connectivity index (χ1v) is 8.87. The van der Waals surface area contributed by atoms with Crippen molar-refractivity contribution in [1.82, 2.24) is 14.9 Å². The van der Waals surface area contributed by atoms with Gasteiger partial charge in [0.05, 0.1) is 35.9 Å². The zero-order valence-electron chi connectivity index (χ0n) is 14.4. The van der Waals surface area contributed by atoms with Crippen molar-refractivity contribution in [1.29, 1.82) is 0 Å². The summed E-state index contributed by atoms with van der Waals surface area (Å²) in [7, 11) is 1.66. The lowest BCUT2D eigenvalue weighted by Gasteiger charge is -2.19. The average Bonchev–Trinajstić information content (AvgIpc) is 3.29. The van der Waals surface area contributed by atoms with E-state index in [2.05, 4.69) is 15.2 Å². The highest BCUT2D eigenvalue weighted by molar-refractivity contribution is 6.33. The van der Waals surface area contributed by atoms with E-state index in [0.29, 0.717) is 30.3 Å². The molecule has 1 aromatic carbocycles. The standard InChI is InChI=1S/C18H23ClN4O2/c1-25-9-8-23-13-20-11-15(23)12-21-18(24)14-4-5-17(16(19)10-14)22-6-2-3-7-22/h4-5,10-11,13H,2-3,6-9,12H2,1H3,(H,21,24). The summed E-state index contributed by atoms with van der Waals surface area (Å²) in [4.78, 5) is 18.8. The number of aromatic nitrogens is 2. The van der Waals surface area contributed by atoms with Crippen molar-refractivity contribution in [2.75, 3.05) is 31.7 Å². The molecular formula is C18H23ClN4O2. The minimum absolute atomic E-state index is 0.144. The molecule has 0 radical (unpaired) electrons. The average molecular weight is 363 g/mol. The molecule has 0 unspecified atom stereocenters. The molecule has 6 nitrogen and oxygen atoms in total. The molecule has 1 fully saturated rings. The third-order valence-corrected chi connectivity index (χ3v) is 4.72. The molecule has 1 amide bonds. The van der Waals surface area contributed by atoms with Gasteiger partial charge < -0.3 is 19.5 Å². The van der Waals surface area contributed by atoms with Crippen molar-refractivity contribution in [3.05, 3.63) is 47.0 Å². The molecule has 7 heteroatoms. The molecule has 1 saturated heterocycles. The Kier molecular flexibility index (Phi) is 5.94. The number of halogens is 1. The van der Waals surface area contributed by atoms with E-state index < -0.39 is 0 Å². The van der Waals surface area contributed by atoms with Crippen LogP contribution in [0.15, 0.2) is 30.7 Å². The van der Waals surface area contributed by atoms with Crippen LogP contribution in [0.2, 0.25) is 5.02 Å². The third-order valence-electron chi connectivity index (χ3n) is 4.42. The van der Waals surface area contributed by atoms with Crippen molar-refractivity contribution in [3.8, 4) is 0 Å². The molecule has 134 valence electrons. The number of anilines is 1. The number of benzene rings is 1. The monoisotopic (exact) mass is 362 g/mol. The Morgan fingerprint density at radius 3 is 2.88 bits per heavy atom. The molecule has 2 heterocycles. The second-order valence-electron chi connectivity index (χ2n) is 6.11. The van der Waals surface area contributed by atoms with Gasteiger partial charge >= 0.3 is 0 Å². The lowest BCUT2D eigenvalue weighted by atomic mass is 10.2. The zero-order chi connectivity index (χ0) is 17.6. The predicted molar refractivity (Wildman–Crippen MR) is 98.2 cm³/mol. The summed E-state index contributed by atoms with van der Waals surface area (Å²) in [5.41, 5.74) is 2.51. The van der Waals surface area contributed by atoms with Crippen LogP contribution in [0.25, 0.3) is 0 Å². The van der Waals surface area contributed by atoms with E-state index in [1.807, 2.05) is 16.7 Å². The van der Waals surface area contributed by atoms with E-state index in [1.165, 1.54) is 12.8 Å². The van der Waals surface area contributed by atoms with Gasteiger partial charge in [0.2, 0.25) is 0 Å². The molecule has 25 heavy (non-hydrogen) atoms. The number of amides is 1. The second-order valence-corrected chi connectivity index (χ2v) is 6.52. The van der Waals surface area contributed by atoms with Crippen molar-refractivity contribution >= 4 is 23.2 Å². The van der Waals surface area contributed by atoms with Crippen LogP contribution in [0.3, 0.4) is 0 Å². The predicted octanol–water partition coefficient (Wildman–Crippen LogP) is 2.71. The summed E-state index contributed by atoms with van der Waals surface area (Å²) in [5.74, 6) is -0.144. The Morgan fingerprint density at radius 1 is 1.36 bits per heavy atom. The van der Waals surface area contributed by atoms with E-state index in [9.17, 15) is 4.79 Å². The van der Waals surface area contributed by atoms with E-state index in [4.69, 9.17) is 16.3 Å². The topological polar surface area (TPSA) is 59.4 Å². The van der Waals surface area contributed by atoms with Crippen LogP contribution in [0.5, 0.6) is 0 Å². The van der Waals surface area contributed by atoms with Crippen molar-refractivity contribution < 1.29 is 9.53 Å². The molecule has 1 aliphatic heterocycles. The summed E-state index contributed by atoms with van der Waals surface area (Å²) in [6.07, 6.45) is 5.87. The van der Waals surface area contributed by atoms with Crippen LogP contribution >= 0.6 is 11.6 Å². The van der Waals surface area contributed by atoms with Crippen molar-refractivity contribution in [2.24, 2.45) is 0 Å². The van der Waals surface area contributed by atoms with Gasteiger partial charge in [0.15, 0.2) is 0 Å². The van der Waals surface area contributed by atoms with Gasteiger partial charge in [-0.2, -0.15) is 0 Å². The number of hydrogen-bond acceptors (Lipinski definition) is 4. The van der Waals surface area contributed by atoms with Crippen LogP contribution in [0.4, 0.5) is 5.69 Å². The smallest absolute Gasteiger partial charge is 0.251 e. The van der Waals surface area contributed by atoms with E-state index in [-0.39, 0.29) is 5.91 Å². The molecule has 0 bridgehead atoms. The quantitative estimate of drug-likeness (QED) is 0.822. The molecule has 1 aromatic heterocycles. The Hall–Kier alpha value is -2.05. The maximum Gasteiger partial charge on any atom is 0.251 e. The molecule has 0 saturated carbocycles. The fourth-order valence-corrected chi connectivity index (χ4v) is 3.32. The maximum absolute atomic E-state index is 12.4. The van der Waals surface area contributed by atoms with Gasteiger partial charge in [0.1, 0.15) is 0 Å². The number of ether oxygens (including phenoxy) is 1. The number of imidazole rings is 1. The van der Waals surface area contributed by atoms with Gasteiger partial charge in [0.25, 0.3) is 5.91 Å². The first-order valence-electron chi connectivity index (χ1n) is 8.49. The normalized spacial score (nSPS) is 14.1. The number of rotatable bonds is 7. The lowest BCUT2D eigenvalue weighted by molar-refractivity contribution is 0.0950. The number of nitrogens with one attached hydrogen (secondary N) is 1. The number of carbonyl (C=O) groups excluding carboxylic acids is 1. The fourth-order valence-electron chi connectivity index (χ4n) is 3.02. The molecule has 0 aliphatic carbocycles. The third kappa shape index (κ3) is 4.32. The van der Waals surface area contributed by atoms with Crippen molar-refractivity contribution in [2.45, 2.75) is 25.9 Å². The zero-order valence-corrected chi connectivity index (χ0v) is 15.1. The van der Waals surface area contributed by atoms with Crippen LogP contribution in [0.1, 0.15) is 28.9 Å². The highest BCUT2D eigenvalue weighted by Crippen LogP contribution is 2.29. The highest BCUT2D eigenvalue weighted by atomic mass is 35.5. The Morgan fingerprint density at radius 2 is 2.16 bits per heavy atom. The first-order chi connectivity index (χ1) is 12.2. The Labute approximate surface area is 152 Å². The van der Waals surface area contributed by atoms with E-state index in [0.717, 1.165) is 24.5 Å². The number of hydrogen-bond donors (Lipinski definition) is 1. The van der Waals surface area contributed by atoms with Crippen LogP contribution in [0, 0.1) is 0 Å². The second kappa shape index (κ2) is 8.36. The lowest BCUT2D eigenvalue weighted by Crippen LogP contribution is -2.25. The first kappa shape index (κ1) is 17.8. The number of carbonyl (C=O) groups is 1. The van der Waals surface area contributed by atoms with Crippen molar-refractivity contribution in [3.63, 3.8) is 0 Å². The Bertz CT molecular complexity index is 726. The maximum atomic E-state index is 12.4. The number of methoxy groups -OCH3 is 1. The van der Waals surface area contributed by atoms with Gasteiger partial charge in [-0.15, -0.1) is 0 Å². The molecule has 1 aliphatic rings. The van der Waals surface area contributed by atoms with Gasteiger partial charge in [-0.1, -0.05) is 11.6 Å². The minimum atomic E-state index is -0.144. The fraction of sp³-hybridized carbons (Fsp3) is 0.444. The van der Waals surface area contributed by atoms with Crippen LogP contribution in [-0.4, -0.2) is 42.3 Å². The summed E-state index contributed by atoms with van der Waals surface area (Å²) < 4.78 is 7.04. The van der Waals surface area contributed by atoms with Crippen LogP contribution in [-0.2, 0) is 17.8 Å². The van der Waals surface area contributed by atoms with Crippen LogP contribution < -0.4 is 10.2 Å². The largest absolute Gasteiger partial charge is 0.383 e. The van der Waals surface area contributed by atoms with E-state index >= 15 is 0 Å². The van der Waals surface area contributed by atoms with E-state index in [1.54, 1.807) is 25.7 Å². The molecular weight excluding hydrogens is 340 g/mol. The summed E-state index contributed by atoms with van der Waals surface area (Å²) in [5, 5.41) is 3.55. The summed E-state index contributed by atoms with van der Waals surface area (Å²) >= 11 is 6.39. The van der Waals surface area contributed by atoms with Gasteiger partial charge in [0, 0.05) is 38.5 Å². The minimum Gasteiger partial charge on any atom is -0.383 e. The molecule has 1 N–H and O–H groups in total. The molecule has 2 aromatic rings. The molecule has 0 spiro atoms. The van der Waals surface area contributed by atoms with Gasteiger partial charge in [-0.3, -0.25) is 4.79 Å².